The molecule has 1 saturated heterocycles. The van der Waals surface area contributed by atoms with Crippen LogP contribution in [-0.4, -0.2) is 34.8 Å². The number of hydrogen-bond donors (Lipinski definition) is 0. The Balaban J connectivity index is 1.91. The minimum atomic E-state index is 0.111. The van der Waals surface area contributed by atoms with E-state index in [2.05, 4.69) is 15.9 Å². The van der Waals surface area contributed by atoms with E-state index in [9.17, 15) is 4.79 Å². The molecule has 4 heteroatoms. The van der Waals surface area contributed by atoms with Crippen molar-refractivity contribution in [3.05, 3.63) is 29.8 Å². The fourth-order valence-corrected chi connectivity index (χ4v) is 2.72. The number of rotatable bonds is 4. The molecule has 1 aliphatic heterocycles. The first-order chi connectivity index (χ1) is 8.58. The molecule has 1 aliphatic rings. The first-order valence-electron chi connectivity index (χ1n) is 6.20. The van der Waals surface area contributed by atoms with Crippen molar-refractivity contribution in [2.24, 2.45) is 0 Å². The van der Waals surface area contributed by atoms with Crippen LogP contribution in [0.2, 0.25) is 0 Å². The molecule has 0 aromatic heterocycles. The normalized spacial score (nSPS) is 21.2. The Morgan fingerprint density at radius 2 is 2.22 bits per heavy atom. The Hall–Kier alpha value is -1.03. The third-order valence-electron chi connectivity index (χ3n) is 3.22. The molecule has 98 valence electrons. The van der Waals surface area contributed by atoms with E-state index in [1.165, 1.54) is 0 Å². The molecule has 2 rings (SSSR count). The molecular formula is C14H18BrNO2. The van der Waals surface area contributed by atoms with Gasteiger partial charge in [-0.2, -0.15) is 0 Å². The van der Waals surface area contributed by atoms with Gasteiger partial charge in [0, 0.05) is 17.8 Å². The van der Waals surface area contributed by atoms with Gasteiger partial charge < -0.3 is 9.64 Å². The highest BCUT2D eigenvalue weighted by Gasteiger charge is 2.31. The summed E-state index contributed by atoms with van der Waals surface area (Å²) in [7, 11) is 0. The Morgan fingerprint density at radius 3 is 2.83 bits per heavy atom. The number of ether oxygens (including phenoxy) is 1. The molecule has 0 aliphatic carbocycles. The summed E-state index contributed by atoms with van der Waals surface area (Å²) in [6.45, 7) is 5.37. The Morgan fingerprint density at radius 1 is 1.50 bits per heavy atom. The van der Waals surface area contributed by atoms with Gasteiger partial charge in [0.1, 0.15) is 12.4 Å². The maximum absolute atomic E-state index is 11.7. The molecule has 0 saturated carbocycles. The predicted octanol–water partition coefficient (Wildman–Crippen LogP) is 2.76. The van der Waals surface area contributed by atoms with Crippen molar-refractivity contribution >= 4 is 21.8 Å². The summed E-state index contributed by atoms with van der Waals surface area (Å²) in [4.78, 5) is 13.9. The Labute approximate surface area is 116 Å². The third kappa shape index (κ3) is 3.05. The largest absolute Gasteiger partial charge is 0.491 e. The average Bonchev–Trinajstić information content (AvgIpc) is 2.67. The van der Waals surface area contributed by atoms with E-state index in [0.717, 1.165) is 17.9 Å². The maximum Gasteiger partial charge on any atom is 0.224 e. The highest BCUT2D eigenvalue weighted by molar-refractivity contribution is 9.09. The number of benzene rings is 1. The number of carbonyl (C=O) groups is 1. The second-order valence-electron chi connectivity index (χ2n) is 4.77. The van der Waals surface area contributed by atoms with Crippen molar-refractivity contribution in [1.82, 2.24) is 4.90 Å². The molecule has 18 heavy (non-hydrogen) atoms. The van der Waals surface area contributed by atoms with Gasteiger partial charge in [0.15, 0.2) is 0 Å². The van der Waals surface area contributed by atoms with Crippen LogP contribution in [0, 0.1) is 6.92 Å². The van der Waals surface area contributed by atoms with Crippen LogP contribution >= 0.6 is 15.9 Å². The molecule has 0 N–H and O–H groups in total. The van der Waals surface area contributed by atoms with Gasteiger partial charge in [-0.15, -0.1) is 0 Å². The van der Waals surface area contributed by atoms with Crippen molar-refractivity contribution in [3.63, 3.8) is 0 Å². The van der Waals surface area contributed by atoms with Crippen molar-refractivity contribution in [2.75, 3.05) is 13.2 Å². The average molecular weight is 312 g/mol. The zero-order valence-corrected chi connectivity index (χ0v) is 12.3. The molecule has 0 bridgehead atoms. The van der Waals surface area contributed by atoms with Gasteiger partial charge in [0.25, 0.3) is 0 Å². The molecule has 2 atom stereocenters. The number of para-hydroxylation sites is 1. The van der Waals surface area contributed by atoms with Crippen LogP contribution in [0.1, 0.15) is 18.9 Å². The second-order valence-corrected chi connectivity index (χ2v) is 6.07. The van der Waals surface area contributed by atoms with Crippen LogP contribution < -0.4 is 4.74 Å². The second kappa shape index (κ2) is 5.74. The van der Waals surface area contributed by atoms with E-state index in [1.54, 1.807) is 0 Å². The minimum Gasteiger partial charge on any atom is -0.491 e. The summed E-state index contributed by atoms with van der Waals surface area (Å²) in [5, 5.41) is 0. The van der Waals surface area contributed by atoms with Crippen molar-refractivity contribution in [3.8, 4) is 5.75 Å². The molecule has 1 aromatic rings. The predicted molar refractivity (Wildman–Crippen MR) is 75.2 cm³/mol. The SMILES string of the molecule is Cc1ccccc1OCC(C)N1CC(Br)CC1=O. The van der Waals surface area contributed by atoms with Crippen LogP contribution in [0.25, 0.3) is 0 Å². The number of hydrogen-bond acceptors (Lipinski definition) is 2. The summed E-state index contributed by atoms with van der Waals surface area (Å²) in [5.74, 6) is 1.10. The van der Waals surface area contributed by atoms with Gasteiger partial charge in [-0.3, -0.25) is 4.79 Å². The van der Waals surface area contributed by atoms with E-state index >= 15 is 0 Å². The molecule has 0 spiro atoms. The van der Waals surface area contributed by atoms with Crippen LogP contribution in [-0.2, 0) is 4.79 Å². The highest BCUT2D eigenvalue weighted by atomic mass is 79.9. The topological polar surface area (TPSA) is 29.5 Å². The Kier molecular flexibility index (Phi) is 4.27. The zero-order chi connectivity index (χ0) is 13.1. The third-order valence-corrected chi connectivity index (χ3v) is 3.83. The molecule has 3 nitrogen and oxygen atoms in total. The maximum atomic E-state index is 11.7. The minimum absolute atomic E-state index is 0.111. The molecule has 1 heterocycles. The number of carbonyl (C=O) groups excluding carboxylic acids is 1. The smallest absolute Gasteiger partial charge is 0.224 e. The van der Waals surface area contributed by atoms with Gasteiger partial charge in [-0.1, -0.05) is 34.1 Å². The summed E-state index contributed by atoms with van der Waals surface area (Å²) >= 11 is 3.49. The Bertz CT molecular complexity index is 436. The summed E-state index contributed by atoms with van der Waals surface area (Å²) in [6, 6.07) is 8.05. The fourth-order valence-electron chi connectivity index (χ4n) is 2.13. The number of aryl methyl sites for hydroxylation is 1. The molecule has 0 radical (unpaired) electrons. The van der Waals surface area contributed by atoms with E-state index in [1.807, 2.05) is 43.0 Å². The molecule has 2 unspecified atom stereocenters. The highest BCUT2D eigenvalue weighted by Crippen LogP contribution is 2.22. The van der Waals surface area contributed by atoms with Crippen molar-refractivity contribution in [2.45, 2.75) is 31.1 Å². The monoisotopic (exact) mass is 311 g/mol. The first-order valence-corrected chi connectivity index (χ1v) is 7.11. The zero-order valence-electron chi connectivity index (χ0n) is 10.7. The lowest BCUT2D eigenvalue weighted by Crippen LogP contribution is -2.38. The molecule has 1 fully saturated rings. The van der Waals surface area contributed by atoms with E-state index in [0.29, 0.717) is 13.0 Å². The van der Waals surface area contributed by atoms with Gasteiger partial charge in [-0.05, 0) is 25.5 Å². The van der Waals surface area contributed by atoms with Gasteiger partial charge >= 0.3 is 0 Å². The molecular weight excluding hydrogens is 294 g/mol. The molecule has 1 aromatic carbocycles. The lowest BCUT2D eigenvalue weighted by molar-refractivity contribution is -0.129. The van der Waals surface area contributed by atoms with E-state index in [-0.39, 0.29) is 16.8 Å². The van der Waals surface area contributed by atoms with E-state index < -0.39 is 0 Å². The number of halogens is 1. The van der Waals surface area contributed by atoms with Gasteiger partial charge in [0.05, 0.1) is 6.04 Å². The van der Waals surface area contributed by atoms with Gasteiger partial charge in [0.2, 0.25) is 5.91 Å². The van der Waals surface area contributed by atoms with Crippen LogP contribution in [0.15, 0.2) is 24.3 Å². The summed E-state index contributed by atoms with van der Waals surface area (Å²) < 4.78 is 5.79. The van der Waals surface area contributed by atoms with Crippen molar-refractivity contribution in [1.29, 1.82) is 0 Å². The fraction of sp³-hybridized carbons (Fsp3) is 0.500. The number of nitrogens with zero attached hydrogens (tertiary/aromatic N) is 1. The standard InChI is InChI=1S/C14H18BrNO2/c1-10-5-3-4-6-13(10)18-9-11(2)16-8-12(15)7-14(16)17/h3-6,11-12H,7-9H2,1-2H3. The summed E-state index contributed by atoms with van der Waals surface area (Å²) in [6.07, 6.45) is 0.592. The van der Waals surface area contributed by atoms with Crippen molar-refractivity contribution < 1.29 is 9.53 Å². The van der Waals surface area contributed by atoms with Crippen LogP contribution in [0.5, 0.6) is 5.75 Å². The van der Waals surface area contributed by atoms with Gasteiger partial charge in [-0.25, -0.2) is 0 Å². The lowest BCUT2D eigenvalue weighted by Gasteiger charge is -2.24. The quantitative estimate of drug-likeness (QED) is 0.800. The number of likely N-dealkylation sites (tertiary alicyclic amines) is 1. The number of alkyl halides is 1. The number of amides is 1. The molecule has 1 amide bonds. The lowest BCUT2D eigenvalue weighted by atomic mass is 10.2. The first kappa shape index (κ1) is 13.4. The van der Waals surface area contributed by atoms with E-state index in [4.69, 9.17) is 4.74 Å². The van der Waals surface area contributed by atoms with Crippen LogP contribution in [0.4, 0.5) is 0 Å². The summed E-state index contributed by atoms with van der Waals surface area (Å²) in [5.41, 5.74) is 1.12. The van der Waals surface area contributed by atoms with Crippen LogP contribution in [0.3, 0.4) is 0 Å².